The average molecular weight is 425 g/mol. The Hall–Kier alpha value is -1.89. The van der Waals surface area contributed by atoms with Gasteiger partial charge in [-0.15, -0.1) is 0 Å². The molecule has 0 amide bonds. The third-order valence-corrected chi connectivity index (χ3v) is 6.37. The molecule has 0 fully saturated rings. The van der Waals surface area contributed by atoms with E-state index in [-0.39, 0.29) is 0 Å². The lowest BCUT2D eigenvalue weighted by atomic mass is 10.0. The Morgan fingerprint density at radius 2 is 1.65 bits per heavy atom. The lowest BCUT2D eigenvalue weighted by molar-refractivity contribution is 0.544. The summed E-state index contributed by atoms with van der Waals surface area (Å²) in [5.74, 6) is 0.665. The Labute approximate surface area is 191 Å². The molecule has 1 aliphatic rings. The molecule has 2 rings (SSSR count). The number of nitrogens with zero attached hydrogens (tertiary/aromatic N) is 3. The molecule has 4 heteroatoms. The Kier molecular flexibility index (Phi) is 13.0. The second-order valence-corrected chi connectivity index (χ2v) is 9.27. The van der Waals surface area contributed by atoms with E-state index in [0.717, 1.165) is 25.0 Å². The predicted molar refractivity (Wildman–Crippen MR) is 132 cm³/mol. The molecule has 0 bridgehead atoms. The van der Waals surface area contributed by atoms with Crippen LogP contribution in [0.5, 0.6) is 0 Å². The monoisotopic (exact) mass is 424 g/mol. The molecule has 31 heavy (non-hydrogen) atoms. The quantitative estimate of drug-likeness (QED) is 0.324. The zero-order valence-corrected chi connectivity index (χ0v) is 20.1. The van der Waals surface area contributed by atoms with Crippen molar-refractivity contribution < 1.29 is 0 Å². The zero-order chi connectivity index (χ0) is 22.2. The topological polar surface area (TPSA) is 61.6 Å². The van der Waals surface area contributed by atoms with Crippen molar-refractivity contribution in [1.29, 1.82) is 5.26 Å². The first kappa shape index (κ1) is 25.4. The van der Waals surface area contributed by atoms with E-state index in [0.29, 0.717) is 17.6 Å². The number of hydrogen-bond acceptors (Lipinski definition) is 4. The minimum Gasteiger partial charge on any atom is -0.352 e. The van der Waals surface area contributed by atoms with E-state index in [1.165, 1.54) is 95.5 Å². The fourth-order valence-electron chi connectivity index (χ4n) is 4.42. The summed E-state index contributed by atoms with van der Waals surface area (Å²) < 4.78 is 0. The van der Waals surface area contributed by atoms with Crippen molar-refractivity contribution >= 4 is 11.5 Å². The first-order valence-corrected chi connectivity index (χ1v) is 13.0. The minimum atomic E-state index is 0.347. The van der Waals surface area contributed by atoms with Gasteiger partial charge in [0.25, 0.3) is 0 Å². The number of nitrogens with one attached hydrogen (secondary N) is 1. The first-order valence-electron chi connectivity index (χ1n) is 13.0. The third-order valence-electron chi connectivity index (χ3n) is 6.37. The fraction of sp³-hybridized carbons (Fsp3) is 0.741. The number of anilines is 1. The second-order valence-electron chi connectivity index (χ2n) is 9.27. The standard InChI is InChI=1S/C27H44N4/c1-3-4-5-6-7-8-9-12-15-18-23(2)30-27-29-22-25(21-28)26(31-27)24-19-16-13-10-11-14-17-20-24/h19,22-23H,3-18,20H2,1-2H3,(H,29,30,31)/b24-19+. The highest BCUT2D eigenvalue weighted by molar-refractivity contribution is 5.68. The largest absolute Gasteiger partial charge is 0.352 e. The lowest BCUT2D eigenvalue weighted by Crippen LogP contribution is -2.17. The van der Waals surface area contributed by atoms with Gasteiger partial charge in [0, 0.05) is 6.04 Å². The van der Waals surface area contributed by atoms with Crippen molar-refractivity contribution in [3.63, 3.8) is 0 Å². The van der Waals surface area contributed by atoms with E-state index in [2.05, 4.69) is 36.3 Å². The number of nitriles is 1. The van der Waals surface area contributed by atoms with Crippen LogP contribution < -0.4 is 5.32 Å². The third kappa shape index (κ3) is 10.3. The normalized spacial score (nSPS) is 17.5. The average Bonchev–Trinajstić information content (AvgIpc) is 2.92. The number of aromatic nitrogens is 2. The maximum absolute atomic E-state index is 9.57. The van der Waals surface area contributed by atoms with Gasteiger partial charge in [-0.2, -0.15) is 5.26 Å². The predicted octanol–water partition coefficient (Wildman–Crippen LogP) is 8.20. The molecule has 1 atom stereocenters. The van der Waals surface area contributed by atoms with Gasteiger partial charge in [-0.1, -0.05) is 90.0 Å². The van der Waals surface area contributed by atoms with Crippen LogP contribution in [0.1, 0.15) is 134 Å². The Morgan fingerprint density at radius 3 is 2.39 bits per heavy atom. The van der Waals surface area contributed by atoms with Crippen LogP contribution in [0, 0.1) is 11.3 Å². The Balaban J connectivity index is 1.80. The number of hydrogen-bond donors (Lipinski definition) is 1. The van der Waals surface area contributed by atoms with Crippen LogP contribution in [-0.4, -0.2) is 16.0 Å². The van der Waals surface area contributed by atoms with Crippen LogP contribution in [0.15, 0.2) is 12.3 Å². The van der Waals surface area contributed by atoms with Gasteiger partial charge in [-0.25, -0.2) is 9.97 Å². The van der Waals surface area contributed by atoms with E-state index in [4.69, 9.17) is 4.98 Å². The smallest absolute Gasteiger partial charge is 0.223 e. The minimum absolute atomic E-state index is 0.347. The van der Waals surface area contributed by atoms with Gasteiger partial charge in [0.2, 0.25) is 5.95 Å². The fourth-order valence-corrected chi connectivity index (χ4v) is 4.42. The highest BCUT2D eigenvalue weighted by Gasteiger charge is 2.14. The van der Waals surface area contributed by atoms with Gasteiger partial charge in [0.15, 0.2) is 0 Å². The van der Waals surface area contributed by atoms with Crippen LogP contribution >= 0.6 is 0 Å². The van der Waals surface area contributed by atoms with Crippen molar-refractivity contribution in [2.24, 2.45) is 0 Å². The van der Waals surface area contributed by atoms with Crippen LogP contribution in [0.3, 0.4) is 0 Å². The van der Waals surface area contributed by atoms with Crippen molar-refractivity contribution in [3.05, 3.63) is 23.5 Å². The van der Waals surface area contributed by atoms with Crippen molar-refractivity contribution in [1.82, 2.24) is 9.97 Å². The van der Waals surface area contributed by atoms with Crippen LogP contribution in [-0.2, 0) is 0 Å². The number of unbranched alkanes of at least 4 members (excludes halogenated alkanes) is 8. The summed E-state index contributed by atoms with van der Waals surface area (Å²) in [5, 5.41) is 13.1. The van der Waals surface area contributed by atoms with Gasteiger partial charge in [-0.3, -0.25) is 0 Å². The summed E-state index contributed by atoms with van der Waals surface area (Å²) >= 11 is 0. The van der Waals surface area contributed by atoms with E-state index < -0.39 is 0 Å². The van der Waals surface area contributed by atoms with Crippen molar-refractivity contribution in [3.8, 4) is 6.07 Å². The first-order chi connectivity index (χ1) is 15.2. The molecule has 0 aliphatic heterocycles. The molecule has 0 saturated heterocycles. The number of rotatable bonds is 13. The molecule has 1 aromatic heterocycles. The molecule has 0 aromatic carbocycles. The molecule has 0 radical (unpaired) electrons. The van der Waals surface area contributed by atoms with Gasteiger partial charge in [0.1, 0.15) is 6.07 Å². The molecule has 1 aliphatic carbocycles. The van der Waals surface area contributed by atoms with Crippen molar-refractivity contribution in [2.45, 2.75) is 129 Å². The molecular formula is C27H44N4. The molecule has 0 saturated carbocycles. The molecule has 1 N–H and O–H groups in total. The van der Waals surface area contributed by atoms with Gasteiger partial charge in [-0.05, 0) is 44.6 Å². The van der Waals surface area contributed by atoms with Crippen LogP contribution in [0.4, 0.5) is 5.95 Å². The lowest BCUT2D eigenvalue weighted by Gasteiger charge is -2.15. The van der Waals surface area contributed by atoms with E-state index >= 15 is 0 Å². The molecular weight excluding hydrogens is 380 g/mol. The summed E-state index contributed by atoms with van der Waals surface area (Å²) in [6.07, 6.45) is 25.8. The highest BCUT2D eigenvalue weighted by Crippen LogP contribution is 2.26. The maximum atomic E-state index is 9.57. The molecule has 1 aromatic rings. The van der Waals surface area contributed by atoms with Crippen LogP contribution in [0.2, 0.25) is 0 Å². The zero-order valence-electron chi connectivity index (χ0n) is 20.1. The van der Waals surface area contributed by atoms with E-state index in [1.54, 1.807) is 6.20 Å². The van der Waals surface area contributed by atoms with Gasteiger partial charge in [0.05, 0.1) is 17.5 Å². The molecule has 1 unspecified atom stereocenters. The maximum Gasteiger partial charge on any atom is 0.223 e. The van der Waals surface area contributed by atoms with E-state index in [1.807, 2.05) is 0 Å². The SMILES string of the molecule is CCCCCCCCCCCC(C)Nc1ncc(C#N)c(/C2=C/CCCCCCC2)n1. The summed E-state index contributed by atoms with van der Waals surface area (Å²) in [4.78, 5) is 9.22. The summed E-state index contributed by atoms with van der Waals surface area (Å²) in [6.45, 7) is 4.49. The van der Waals surface area contributed by atoms with Gasteiger partial charge >= 0.3 is 0 Å². The molecule has 4 nitrogen and oxygen atoms in total. The highest BCUT2D eigenvalue weighted by atomic mass is 15.1. The Bertz CT molecular complexity index is 689. The van der Waals surface area contributed by atoms with Crippen molar-refractivity contribution in [2.75, 3.05) is 5.32 Å². The number of allylic oxidation sites excluding steroid dienone is 2. The van der Waals surface area contributed by atoms with Crippen LogP contribution in [0.25, 0.3) is 5.57 Å². The Morgan fingerprint density at radius 1 is 0.968 bits per heavy atom. The molecule has 1 heterocycles. The summed E-state index contributed by atoms with van der Waals surface area (Å²) in [6, 6.07) is 2.65. The van der Waals surface area contributed by atoms with E-state index in [9.17, 15) is 5.26 Å². The molecule has 0 spiro atoms. The van der Waals surface area contributed by atoms with Gasteiger partial charge < -0.3 is 5.32 Å². The summed E-state index contributed by atoms with van der Waals surface area (Å²) in [5.41, 5.74) is 2.68. The summed E-state index contributed by atoms with van der Waals surface area (Å²) in [7, 11) is 0. The second kappa shape index (κ2) is 15.8. The molecule has 172 valence electrons.